The Morgan fingerprint density at radius 3 is 2.45 bits per heavy atom. The van der Waals surface area contributed by atoms with Gasteiger partial charge < -0.3 is 5.32 Å². The van der Waals surface area contributed by atoms with Crippen LogP contribution in [0.4, 0.5) is 0 Å². The highest BCUT2D eigenvalue weighted by atomic mass is 32.2. The zero-order valence-corrected chi connectivity index (χ0v) is 18.3. The van der Waals surface area contributed by atoms with E-state index in [0.29, 0.717) is 10.9 Å². The Balaban J connectivity index is 1.84. The van der Waals surface area contributed by atoms with Gasteiger partial charge in [0.1, 0.15) is 11.4 Å². The summed E-state index contributed by atoms with van der Waals surface area (Å²) in [5.41, 5.74) is 0.897. The van der Waals surface area contributed by atoms with E-state index >= 15 is 0 Å². The minimum absolute atomic E-state index is 0.0556. The van der Waals surface area contributed by atoms with E-state index in [1.807, 2.05) is 19.1 Å². The molecule has 0 unspecified atom stereocenters. The number of aromatic nitrogens is 1. The molecule has 162 valence electrons. The molecule has 0 saturated heterocycles. The van der Waals surface area contributed by atoms with Crippen molar-refractivity contribution in [3.05, 3.63) is 70.5 Å². The van der Waals surface area contributed by atoms with Crippen LogP contribution in [0.3, 0.4) is 0 Å². The van der Waals surface area contributed by atoms with E-state index in [4.69, 9.17) is 0 Å². The van der Waals surface area contributed by atoms with Gasteiger partial charge in [-0.2, -0.15) is 0 Å². The average molecular weight is 439 g/mol. The molecule has 1 N–H and O–H groups in total. The highest BCUT2D eigenvalue weighted by molar-refractivity contribution is 7.91. The van der Waals surface area contributed by atoms with Crippen molar-refractivity contribution >= 4 is 26.6 Å². The summed E-state index contributed by atoms with van der Waals surface area (Å²) in [4.78, 5) is 25.8. The molecule has 1 fully saturated rings. The van der Waals surface area contributed by atoms with Gasteiger partial charge in [-0.3, -0.25) is 14.2 Å². The Bertz CT molecular complexity index is 1270. The highest BCUT2D eigenvalue weighted by Crippen LogP contribution is 2.23. The lowest BCUT2D eigenvalue weighted by Crippen LogP contribution is -2.38. The van der Waals surface area contributed by atoms with Gasteiger partial charge in [-0.1, -0.05) is 44.0 Å². The maximum atomic E-state index is 13.3. The SMILES string of the molecule is CCc1ccc2c(c1)cc(S(=O)(=O)c1ccccc1)c(=O)n2CC(=O)NC1CCCC1. The Labute approximate surface area is 181 Å². The second-order valence-corrected chi connectivity index (χ2v) is 9.93. The molecule has 31 heavy (non-hydrogen) atoms. The van der Waals surface area contributed by atoms with E-state index in [2.05, 4.69) is 5.32 Å². The zero-order chi connectivity index (χ0) is 22.0. The second kappa shape index (κ2) is 8.67. The van der Waals surface area contributed by atoms with Crippen LogP contribution in [-0.4, -0.2) is 24.9 Å². The summed E-state index contributed by atoms with van der Waals surface area (Å²) in [5.74, 6) is -0.274. The van der Waals surface area contributed by atoms with Crippen molar-refractivity contribution in [3.63, 3.8) is 0 Å². The molecule has 1 amide bonds. The van der Waals surface area contributed by atoms with Gasteiger partial charge in [0.05, 0.1) is 10.4 Å². The van der Waals surface area contributed by atoms with Gasteiger partial charge in [0.2, 0.25) is 15.7 Å². The normalized spacial score (nSPS) is 14.7. The van der Waals surface area contributed by atoms with Crippen molar-refractivity contribution in [3.8, 4) is 0 Å². The van der Waals surface area contributed by atoms with Gasteiger partial charge in [-0.05, 0) is 55.2 Å². The lowest BCUT2D eigenvalue weighted by molar-refractivity contribution is -0.122. The Morgan fingerprint density at radius 1 is 1.06 bits per heavy atom. The molecule has 6 nitrogen and oxygen atoms in total. The Kier molecular flexibility index (Phi) is 5.96. The number of rotatable bonds is 6. The number of amides is 1. The number of hydrogen-bond donors (Lipinski definition) is 1. The van der Waals surface area contributed by atoms with Crippen LogP contribution < -0.4 is 10.9 Å². The zero-order valence-electron chi connectivity index (χ0n) is 17.5. The molecule has 0 spiro atoms. The van der Waals surface area contributed by atoms with Gasteiger partial charge in [-0.25, -0.2) is 8.42 Å². The molecule has 0 bridgehead atoms. The first kappa shape index (κ1) is 21.3. The summed E-state index contributed by atoms with van der Waals surface area (Å²) in [6, 6.07) is 15.0. The van der Waals surface area contributed by atoms with Crippen molar-refractivity contribution in [1.29, 1.82) is 0 Å². The second-order valence-electron chi connectivity index (χ2n) is 8.01. The van der Waals surface area contributed by atoms with Gasteiger partial charge in [0.15, 0.2) is 0 Å². The van der Waals surface area contributed by atoms with Gasteiger partial charge >= 0.3 is 0 Å². The van der Waals surface area contributed by atoms with E-state index < -0.39 is 15.4 Å². The van der Waals surface area contributed by atoms with Crippen molar-refractivity contribution in [2.75, 3.05) is 0 Å². The van der Waals surface area contributed by atoms with Crippen molar-refractivity contribution < 1.29 is 13.2 Å². The lowest BCUT2D eigenvalue weighted by Gasteiger charge is -2.16. The van der Waals surface area contributed by atoms with E-state index in [1.165, 1.54) is 22.8 Å². The van der Waals surface area contributed by atoms with Crippen LogP contribution >= 0.6 is 0 Å². The molecule has 1 aromatic heterocycles. The van der Waals surface area contributed by atoms with Crippen LogP contribution in [0.25, 0.3) is 10.9 Å². The van der Waals surface area contributed by atoms with Crippen LogP contribution in [0.15, 0.2) is 69.2 Å². The number of carbonyl (C=O) groups is 1. The summed E-state index contributed by atoms with van der Waals surface area (Å²) in [6.07, 6.45) is 4.81. The van der Waals surface area contributed by atoms with Crippen LogP contribution in [0.2, 0.25) is 0 Å². The topological polar surface area (TPSA) is 85.2 Å². The van der Waals surface area contributed by atoms with Gasteiger partial charge in [0.25, 0.3) is 5.56 Å². The standard InChI is InChI=1S/C24H26N2O4S/c1-2-17-12-13-21-18(14-17)15-22(31(29,30)20-10-4-3-5-11-20)24(28)26(21)16-23(27)25-19-8-6-7-9-19/h3-5,10-15,19H,2,6-9,16H2,1H3,(H,25,27). The smallest absolute Gasteiger partial charge is 0.270 e. The molecule has 2 aromatic carbocycles. The predicted octanol–water partition coefficient (Wildman–Crippen LogP) is 3.46. The van der Waals surface area contributed by atoms with Crippen molar-refractivity contribution in [2.45, 2.75) is 61.4 Å². The number of aryl methyl sites for hydroxylation is 1. The third-order valence-electron chi connectivity index (χ3n) is 5.90. The number of hydrogen-bond acceptors (Lipinski definition) is 4. The summed E-state index contributed by atoms with van der Waals surface area (Å²) in [6.45, 7) is 1.79. The molecule has 1 aliphatic rings. The quantitative estimate of drug-likeness (QED) is 0.639. The number of benzene rings is 2. The van der Waals surface area contributed by atoms with Gasteiger partial charge in [0, 0.05) is 11.4 Å². The molecule has 4 rings (SSSR count). The lowest BCUT2D eigenvalue weighted by atomic mass is 10.1. The average Bonchev–Trinajstić information content (AvgIpc) is 3.28. The van der Waals surface area contributed by atoms with Crippen LogP contribution in [-0.2, 0) is 27.6 Å². The minimum Gasteiger partial charge on any atom is -0.352 e. The van der Waals surface area contributed by atoms with Gasteiger partial charge in [-0.15, -0.1) is 0 Å². The highest BCUT2D eigenvalue weighted by Gasteiger charge is 2.25. The number of sulfone groups is 1. The number of nitrogens with zero attached hydrogens (tertiary/aromatic N) is 1. The minimum atomic E-state index is -4.03. The van der Waals surface area contributed by atoms with Crippen molar-refractivity contribution in [2.24, 2.45) is 0 Å². The van der Waals surface area contributed by atoms with Crippen LogP contribution in [0.1, 0.15) is 38.2 Å². The summed E-state index contributed by atoms with van der Waals surface area (Å²) >= 11 is 0. The summed E-state index contributed by atoms with van der Waals surface area (Å²) in [7, 11) is -4.03. The fourth-order valence-corrected chi connectivity index (χ4v) is 5.59. The molecular weight excluding hydrogens is 412 g/mol. The molecule has 0 radical (unpaired) electrons. The van der Waals surface area contributed by atoms with E-state index in [9.17, 15) is 18.0 Å². The van der Waals surface area contributed by atoms with E-state index in [0.717, 1.165) is 37.7 Å². The van der Waals surface area contributed by atoms with E-state index in [1.54, 1.807) is 24.3 Å². The van der Waals surface area contributed by atoms with Crippen LogP contribution in [0, 0.1) is 0 Å². The fourth-order valence-electron chi connectivity index (χ4n) is 4.19. The first-order valence-corrected chi connectivity index (χ1v) is 12.1. The molecule has 0 aliphatic heterocycles. The fraction of sp³-hybridized carbons (Fsp3) is 0.333. The maximum absolute atomic E-state index is 13.3. The monoisotopic (exact) mass is 438 g/mol. The molecule has 1 heterocycles. The number of carbonyl (C=O) groups excluding carboxylic acids is 1. The molecule has 0 atom stereocenters. The summed E-state index contributed by atoms with van der Waals surface area (Å²) in [5, 5.41) is 3.61. The van der Waals surface area contributed by atoms with Crippen molar-refractivity contribution in [1.82, 2.24) is 9.88 Å². The number of nitrogens with one attached hydrogen (secondary N) is 1. The molecular formula is C24H26N2O4S. The third-order valence-corrected chi connectivity index (χ3v) is 7.66. The Morgan fingerprint density at radius 2 is 1.77 bits per heavy atom. The van der Waals surface area contributed by atoms with E-state index in [-0.39, 0.29) is 28.3 Å². The number of pyridine rings is 1. The molecule has 3 aromatic rings. The first-order valence-electron chi connectivity index (χ1n) is 10.7. The first-order chi connectivity index (χ1) is 14.9. The molecule has 1 aliphatic carbocycles. The van der Waals surface area contributed by atoms with Crippen LogP contribution in [0.5, 0.6) is 0 Å². The summed E-state index contributed by atoms with van der Waals surface area (Å²) < 4.78 is 27.8. The Hall–Kier alpha value is -2.93. The number of fused-ring (bicyclic) bond motifs is 1. The third kappa shape index (κ3) is 4.28. The predicted molar refractivity (Wildman–Crippen MR) is 120 cm³/mol. The maximum Gasteiger partial charge on any atom is 0.270 e. The molecule has 1 saturated carbocycles. The largest absolute Gasteiger partial charge is 0.352 e. The molecule has 7 heteroatoms.